The van der Waals surface area contributed by atoms with Crippen molar-refractivity contribution < 1.29 is 9.29 Å². The maximum absolute atomic E-state index is 11.9. The van der Waals surface area contributed by atoms with Gasteiger partial charge in [-0.3, -0.25) is 0 Å². The Balaban J connectivity index is 2.27. The van der Waals surface area contributed by atoms with Gasteiger partial charge in [-0.15, -0.1) is 9.03 Å². The molecule has 0 aromatic carbocycles. The zero-order chi connectivity index (χ0) is 12.2. The second-order valence-corrected chi connectivity index (χ2v) is 6.10. The standard InChI is InChI=1S/C10H23N3O2S/c1-10(2,15-3)8-12-16(14)13-6-4-9(11)5-7-13/h9,12H,4-8,11H2,1-3H3. The molecule has 1 unspecified atom stereocenters. The number of nitrogens with zero attached hydrogens (tertiary/aromatic N) is 1. The van der Waals surface area contributed by atoms with E-state index in [9.17, 15) is 4.55 Å². The maximum Gasteiger partial charge on any atom is 0.137 e. The highest BCUT2D eigenvalue weighted by atomic mass is 32.2. The summed E-state index contributed by atoms with van der Waals surface area (Å²) in [5, 5.41) is 0. The van der Waals surface area contributed by atoms with Gasteiger partial charge in [0, 0.05) is 26.2 Å². The average molecular weight is 249 g/mol. The van der Waals surface area contributed by atoms with Crippen LogP contribution in [0.15, 0.2) is 0 Å². The molecule has 0 aliphatic carbocycles. The number of methoxy groups -OCH3 is 1. The van der Waals surface area contributed by atoms with Gasteiger partial charge in [0.2, 0.25) is 0 Å². The molecule has 1 heterocycles. The highest BCUT2D eigenvalue weighted by Crippen LogP contribution is 2.12. The van der Waals surface area contributed by atoms with Crippen molar-refractivity contribution in [1.29, 1.82) is 0 Å². The summed E-state index contributed by atoms with van der Waals surface area (Å²) in [6.45, 7) is 6.09. The molecule has 1 fully saturated rings. The Labute approximate surface area is 101 Å². The van der Waals surface area contributed by atoms with Crippen LogP contribution in [0.1, 0.15) is 26.7 Å². The monoisotopic (exact) mass is 249 g/mol. The summed E-state index contributed by atoms with van der Waals surface area (Å²) in [4.78, 5) is 0. The Morgan fingerprint density at radius 3 is 2.56 bits per heavy atom. The summed E-state index contributed by atoms with van der Waals surface area (Å²) < 4.78 is 22.1. The molecule has 0 bridgehead atoms. The van der Waals surface area contributed by atoms with E-state index in [2.05, 4.69) is 4.72 Å². The van der Waals surface area contributed by atoms with Crippen LogP contribution in [0, 0.1) is 0 Å². The predicted octanol–water partition coefficient (Wildman–Crippen LogP) is 0.00280. The van der Waals surface area contributed by atoms with Crippen LogP contribution in [-0.2, 0) is 16.3 Å². The Kier molecular flexibility index (Phi) is 5.49. The maximum atomic E-state index is 11.9. The Bertz CT molecular complexity index is 208. The molecule has 1 aliphatic heterocycles. The van der Waals surface area contributed by atoms with Crippen LogP contribution in [0.3, 0.4) is 0 Å². The van der Waals surface area contributed by atoms with Crippen molar-refractivity contribution in [3.63, 3.8) is 0 Å². The van der Waals surface area contributed by atoms with E-state index in [0.29, 0.717) is 6.54 Å². The minimum Gasteiger partial charge on any atom is -0.579 e. The number of nitrogens with two attached hydrogens (primary N) is 1. The molecule has 3 N–H and O–H groups in total. The topological polar surface area (TPSA) is 73.6 Å². The second-order valence-electron chi connectivity index (χ2n) is 4.80. The molecule has 0 spiro atoms. The minimum absolute atomic E-state index is 0.267. The summed E-state index contributed by atoms with van der Waals surface area (Å²) in [7, 11) is 1.66. The van der Waals surface area contributed by atoms with Gasteiger partial charge >= 0.3 is 0 Å². The van der Waals surface area contributed by atoms with Gasteiger partial charge in [-0.25, -0.2) is 0 Å². The van der Waals surface area contributed by atoms with E-state index in [-0.39, 0.29) is 11.6 Å². The largest absolute Gasteiger partial charge is 0.579 e. The van der Waals surface area contributed by atoms with Crippen LogP contribution in [-0.4, -0.2) is 47.2 Å². The molecule has 0 aromatic heterocycles. The molecule has 1 atom stereocenters. The van der Waals surface area contributed by atoms with Crippen LogP contribution in [0.4, 0.5) is 0 Å². The molecule has 0 saturated carbocycles. The molecular weight excluding hydrogens is 226 g/mol. The minimum atomic E-state index is -1.12. The molecular formula is C10H23N3O2S. The number of piperidine rings is 1. The number of nitrogens with one attached hydrogen (secondary N) is 1. The van der Waals surface area contributed by atoms with Crippen molar-refractivity contribution in [3.05, 3.63) is 0 Å². The first-order chi connectivity index (χ1) is 7.44. The highest BCUT2D eigenvalue weighted by molar-refractivity contribution is 7.87. The van der Waals surface area contributed by atoms with E-state index < -0.39 is 11.5 Å². The second kappa shape index (κ2) is 6.18. The normalized spacial score (nSPS) is 22.3. The fourth-order valence-electron chi connectivity index (χ4n) is 1.44. The quantitative estimate of drug-likeness (QED) is 0.671. The third kappa shape index (κ3) is 4.57. The van der Waals surface area contributed by atoms with Crippen molar-refractivity contribution in [1.82, 2.24) is 9.03 Å². The van der Waals surface area contributed by atoms with Crippen molar-refractivity contribution >= 4 is 11.5 Å². The smallest absolute Gasteiger partial charge is 0.137 e. The molecule has 6 heteroatoms. The SMILES string of the molecule is COC(C)(C)CN[S+]([O-])N1CCC(N)CC1. The van der Waals surface area contributed by atoms with Crippen LogP contribution in [0.5, 0.6) is 0 Å². The lowest BCUT2D eigenvalue weighted by molar-refractivity contribution is 0.0273. The van der Waals surface area contributed by atoms with Gasteiger partial charge in [-0.2, -0.15) is 0 Å². The lowest BCUT2D eigenvalue weighted by Crippen LogP contribution is -2.50. The van der Waals surface area contributed by atoms with Crippen molar-refractivity contribution in [2.75, 3.05) is 26.7 Å². The van der Waals surface area contributed by atoms with Crippen molar-refractivity contribution in [2.45, 2.75) is 38.3 Å². The first kappa shape index (κ1) is 14.2. The fourth-order valence-corrected chi connectivity index (χ4v) is 2.64. The van der Waals surface area contributed by atoms with Gasteiger partial charge in [0.15, 0.2) is 0 Å². The van der Waals surface area contributed by atoms with Gasteiger partial charge < -0.3 is 15.0 Å². The van der Waals surface area contributed by atoms with Gasteiger partial charge in [-0.05, 0) is 26.7 Å². The highest BCUT2D eigenvalue weighted by Gasteiger charge is 2.27. The van der Waals surface area contributed by atoms with Crippen LogP contribution < -0.4 is 10.5 Å². The number of hydrogen-bond donors (Lipinski definition) is 2. The Hall–Kier alpha value is 0.150. The molecule has 0 aromatic rings. The van der Waals surface area contributed by atoms with Gasteiger partial charge in [0.05, 0.1) is 12.1 Å². The van der Waals surface area contributed by atoms with Gasteiger partial charge in [0.1, 0.15) is 11.5 Å². The van der Waals surface area contributed by atoms with Crippen LogP contribution in [0.25, 0.3) is 0 Å². The first-order valence-electron chi connectivity index (χ1n) is 5.66. The molecule has 16 heavy (non-hydrogen) atoms. The van der Waals surface area contributed by atoms with E-state index in [1.54, 1.807) is 7.11 Å². The Morgan fingerprint density at radius 2 is 2.06 bits per heavy atom. The third-order valence-electron chi connectivity index (χ3n) is 2.91. The van der Waals surface area contributed by atoms with Gasteiger partial charge in [0.25, 0.3) is 0 Å². The summed E-state index contributed by atoms with van der Waals surface area (Å²) in [6.07, 6.45) is 1.84. The fraction of sp³-hybridized carbons (Fsp3) is 1.00. The van der Waals surface area contributed by atoms with Crippen LogP contribution >= 0.6 is 0 Å². The van der Waals surface area contributed by atoms with Gasteiger partial charge in [-0.1, -0.05) is 0 Å². The first-order valence-corrected chi connectivity index (χ1v) is 6.76. The Morgan fingerprint density at radius 1 is 1.50 bits per heavy atom. The summed E-state index contributed by atoms with van der Waals surface area (Å²) >= 11 is -1.12. The average Bonchev–Trinajstić information content (AvgIpc) is 2.27. The van der Waals surface area contributed by atoms with E-state index in [4.69, 9.17) is 10.5 Å². The molecule has 5 nitrogen and oxygen atoms in total. The zero-order valence-electron chi connectivity index (χ0n) is 10.4. The lowest BCUT2D eigenvalue weighted by atomic mass is 10.1. The van der Waals surface area contributed by atoms with E-state index in [1.807, 2.05) is 18.2 Å². The number of ether oxygens (including phenoxy) is 1. The predicted molar refractivity (Wildman–Crippen MR) is 66.0 cm³/mol. The zero-order valence-corrected chi connectivity index (χ0v) is 11.2. The lowest BCUT2D eigenvalue weighted by Gasteiger charge is -2.31. The van der Waals surface area contributed by atoms with Crippen LogP contribution in [0.2, 0.25) is 0 Å². The van der Waals surface area contributed by atoms with Crippen molar-refractivity contribution in [2.24, 2.45) is 5.73 Å². The number of rotatable bonds is 5. The molecule has 1 aliphatic rings. The molecule has 0 radical (unpaired) electrons. The van der Waals surface area contributed by atoms with Crippen molar-refractivity contribution in [3.8, 4) is 0 Å². The summed E-state index contributed by atoms with van der Waals surface area (Å²) in [5.41, 5.74) is 5.51. The molecule has 1 saturated heterocycles. The summed E-state index contributed by atoms with van der Waals surface area (Å²) in [5.74, 6) is 0. The molecule has 1 rings (SSSR count). The molecule has 96 valence electrons. The molecule has 0 amide bonds. The number of hydrogen-bond acceptors (Lipinski definition) is 5. The van der Waals surface area contributed by atoms with E-state index in [1.165, 1.54) is 0 Å². The van der Waals surface area contributed by atoms with E-state index >= 15 is 0 Å². The summed E-state index contributed by atoms with van der Waals surface area (Å²) in [6, 6.07) is 0.267. The van der Waals surface area contributed by atoms with E-state index in [0.717, 1.165) is 25.9 Å². The third-order valence-corrected chi connectivity index (χ3v) is 4.13.